The van der Waals surface area contributed by atoms with Crippen LogP contribution in [0.3, 0.4) is 0 Å². The monoisotopic (exact) mass is 266 g/mol. The Labute approximate surface area is 117 Å². The molecule has 2 fully saturated rings. The van der Waals surface area contributed by atoms with Gasteiger partial charge in [-0.25, -0.2) is 0 Å². The number of hydrogen-bond acceptors (Lipinski definition) is 2. The molecule has 2 N–H and O–H groups in total. The second-order valence-corrected chi connectivity index (χ2v) is 7.37. The van der Waals surface area contributed by atoms with Crippen molar-refractivity contribution in [3.8, 4) is 0 Å². The smallest absolute Gasteiger partial charge is 0.239 e. The quantitative estimate of drug-likeness (QED) is 0.853. The maximum Gasteiger partial charge on any atom is 0.239 e. The number of carbonyl (C=O) groups excluding carboxylic acids is 1. The predicted molar refractivity (Wildman–Crippen MR) is 78.8 cm³/mol. The van der Waals surface area contributed by atoms with Gasteiger partial charge in [0.15, 0.2) is 0 Å². The van der Waals surface area contributed by atoms with Crippen LogP contribution in [0.1, 0.15) is 65.2 Å². The third-order valence-corrected chi connectivity index (χ3v) is 4.84. The molecule has 1 heterocycles. The van der Waals surface area contributed by atoms with Gasteiger partial charge in [0, 0.05) is 13.1 Å². The summed E-state index contributed by atoms with van der Waals surface area (Å²) in [4.78, 5) is 14.5. The van der Waals surface area contributed by atoms with Gasteiger partial charge >= 0.3 is 0 Å². The first-order valence-electron chi connectivity index (χ1n) is 8.02. The Morgan fingerprint density at radius 3 is 2.58 bits per heavy atom. The molecule has 1 atom stereocenters. The fourth-order valence-corrected chi connectivity index (χ4v) is 3.73. The van der Waals surface area contributed by atoms with E-state index in [-0.39, 0.29) is 17.4 Å². The van der Waals surface area contributed by atoms with Gasteiger partial charge in [0.2, 0.25) is 5.91 Å². The van der Waals surface area contributed by atoms with E-state index in [2.05, 4.69) is 13.8 Å². The third kappa shape index (κ3) is 4.20. The van der Waals surface area contributed by atoms with Crippen molar-refractivity contribution in [2.45, 2.75) is 71.3 Å². The Morgan fingerprint density at radius 1 is 1.26 bits per heavy atom. The molecule has 0 radical (unpaired) electrons. The highest BCUT2D eigenvalue weighted by atomic mass is 16.2. The maximum atomic E-state index is 12.5. The van der Waals surface area contributed by atoms with Crippen molar-refractivity contribution in [3.63, 3.8) is 0 Å². The standard InChI is InChI=1S/C16H30N2O/c1-16(2)9-6-10-18(12-16)15(19)14(17)11-13-7-4-3-5-8-13/h13-14H,3-12,17H2,1-2H3. The summed E-state index contributed by atoms with van der Waals surface area (Å²) in [5, 5.41) is 0. The molecule has 110 valence electrons. The van der Waals surface area contributed by atoms with Gasteiger partial charge in [-0.15, -0.1) is 0 Å². The molecule has 1 saturated carbocycles. The zero-order valence-corrected chi connectivity index (χ0v) is 12.7. The van der Waals surface area contributed by atoms with Gasteiger partial charge in [0.1, 0.15) is 0 Å². The van der Waals surface area contributed by atoms with Crippen LogP contribution < -0.4 is 5.73 Å². The van der Waals surface area contributed by atoms with Gasteiger partial charge in [0.05, 0.1) is 6.04 Å². The van der Waals surface area contributed by atoms with E-state index in [1.165, 1.54) is 38.5 Å². The van der Waals surface area contributed by atoms with Crippen LogP contribution in [0.15, 0.2) is 0 Å². The Morgan fingerprint density at radius 2 is 1.95 bits per heavy atom. The van der Waals surface area contributed by atoms with Gasteiger partial charge in [-0.3, -0.25) is 4.79 Å². The fourth-order valence-electron chi connectivity index (χ4n) is 3.73. The van der Waals surface area contributed by atoms with Crippen LogP contribution >= 0.6 is 0 Å². The lowest BCUT2D eigenvalue weighted by molar-refractivity contribution is -0.136. The highest BCUT2D eigenvalue weighted by molar-refractivity contribution is 5.81. The number of rotatable bonds is 3. The van der Waals surface area contributed by atoms with Crippen molar-refractivity contribution in [2.75, 3.05) is 13.1 Å². The zero-order chi connectivity index (χ0) is 13.9. The average molecular weight is 266 g/mol. The number of hydrogen-bond donors (Lipinski definition) is 1. The molecule has 3 heteroatoms. The third-order valence-electron chi connectivity index (χ3n) is 4.84. The van der Waals surface area contributed by atoms with Gasteiger partial charge in [-0.05, 0) is 30.6 Å². The molecule has 2 aliphatic rings. The predicted octanol–water partition coefficient (Wildman–Crippen LogP) is 2.93. The minimum atomic E-state index is -0.267. The van der Waals surface area contributed by atoms with Crippen LogP contribution in [0, 0.1) is 11.3 Å². The van der Waals surface area contributed by atoms with E-state index < -0.39 is 0 Å². The molecule has 1 aliphatic carbocycles. The fraction of sp³-hybridized carbons (Fsp3) is 0.938. The van der Waals surface area contributed by atoms with Crippen molar-refractivity contribution in [1.82, 2.24) is 4.90 Å². The normalized spacial score (nSPS) is 26.2. The summed E-state index contributed by atoms with van der Waals surface area (Å²) in [6, 6.07) is -0.267. The van der Waals surface area contributed by atoms with Crippen LogP contribution in [-0.2, 0) is 4.79 Å². The van der Waals surface area contributed by atoms with Crippen molar-refractivity contribution < 1.29 is 4.79 Å². The lowest BCUT2D eigenvalue weighted by atomic mass is 9.82. The summed E-state index contributed by atoms with van der Waals surface area (Å²) in [6.07, 6.45) is 9.78. The molecule has 1 unspecified atom stereocenters. The first kappa shape index (κ1) is 14.8. The second kappa shape index (κ2) is 6.25. The molecular formula is C16H30N2O. The molecule has 1 aliphatic heterocycles. The van der Waals surface area contributed by atoms with Gasteiger partial charge in [-0.2, -0.15) is 0 Å². The van der Waals surface area contributed by atoms with Gasteiger partial charge < -0.3 is 10.6 Å². The van der Waals surface area contributed by atoms with E-state index >= 15 is 0 Å². The van der Waals surface area contributed by atoms with Gasteiger partial charge in [-0.1, -0.05) is 46.0 Å². The van der Waals surface area contributed by atoms with Crippen LogP contribution in [0.25, 0.3) is 0 Å². The van der Waals surface area contributed by atoms with Crippen LogP contribution in [0.2, 0.25) is 0 Å². The number of amides is 1. The van der Waals surface area contributed by atoms with Crippen molar-refractivity contribution in [2.24, 2.45) is 17.1 Å². The summed E-state index contributed by atoms with van der Waals surface area (Å²) < 4.78 is 0. The van der Waals surface area contributed by atoms with Crippen LogP contribution in [-0.4, -0.2) is 29.9 Å². The SMILES string of the molecule is CC1(C)CCCN(C(=O)C(N)CC2CCCCC2)C1. The average Bonchev–Trinajstić information content (AvgIpc) is 2.38. The highest BCUT2D eigenvalue weighted by Crippen LogP contribution is 2.30. The molecule has 0 aromatic rings. The van der Waals surface area contributed by atoms with E-state index in [4.69, 9.17) is 5.73 Å². The molecular weight excluding hydrogens is 236 g/mol. The Kier molecular flexibility index (Phi) is 4.88. The molecule has 0 spiro atoms. The summed E-state index contributed by atoms with van der Waals surface area (Å²) in [7, 11) is 0. The summed E-state index contributed by atoms with van der Waals surface area (Å²) in [5.74, 6) is 0.879. The molecule has 1 saturated heterocycles. The minimum Gasteiger partial charge on any atom is -0.341 e. The van der Waals surface area contributed by atoms with E-state index in [0.29, 0.717) is 5.92 Å². The van der Waals surface area contributed by atoms with Crippen molar-refractivity contribution >= 4 is 5.91 Å². The molecule has 0 aromatic carbocycles. The topological polar surface area (TPSA) is 46.3 Å². The van der Waals surface area contributed by atoms with E-state index in [1.807, 2.05) is 4.90 Å². The number of likely N-dealkylation sites (tertiary alicyclic amines) is 1. The molecule has 0 bridgehead atoms. The number of nitrogens with zero attached hydrogens (tertiary/aromatic N) is 1. The first-order chi connectivity index (χ1) is 8.98. The van der Waals surface area contributed by atoms with Crippen molar-refractivity contribution in [3.05, 3.63) is 0 Å². The van der Waals surface area contributed by atoms with Crippen molar-refractivity contribution in [1.29, 1.82) is 0 Å². The molecule has 19 heavy (non-hydrogen) atoms. The largest absolute Gasteiger partial charge is 0.341 e. The maximum absolute atomic E-state index is 12.5. The summed E-state index contributed by atoms with van der Waals surface area (Å²) in [6.45, 7) is 6.28. The highest BCUT2D eigenvalue weighted by Gasteiger charge is 2.32. The summed E-state index contributed by atoms with van der Waals surface area (Å²) >= 11 is 0. The Balaban J connectivity index is 1.84. The molecule has 0 aromatic heterocycles. The molecule has 1 amide bonds. The number of piperidine rings is 1. The first-order valence-corrected chi connectivity index (χ1v) is 8.02. The van der Waals surface area contributed by atoms with E-state index in [0.717, 1.165) is 25.9 Å². The minimum absolute atomic E-state index is 0.193. The van der Waals surface area contributed by atoms with Crippen LogP contribution in [0.4, 0.5) is 0 Å². The molecule has 2 rings (SSSR count). The van der Waals surface area contributed by atoms with Crippen LogP contribution in [0.5, 0.6) is 0 Å². The van der Waals surface area contributed by atoms with E-state index in [1.54, 1.807) is 0 Å². The van der Waals surface area contributed by atoms with E-state index in [9.17, 15) is 4.79 Å². The van der Waals surface area contributed by atoms with Gasteiger partial charge in [0.25, 0.3) is 0 Å². The Hall–Kier alpha value is -0.570. The number of carbonyl (C=O) groups is 1. The summed E-state index contributed by atoms with van der Waals surface area (Å²) in [5.41, 5.74) is 6.44. The number of nitrogens with two attached hydrogens (primary N) is 1. The lowest BCUT2D eigenvalue weighted by Crippen LogP contribution is -2.50. The molecule has 3 nitrogen and oxygen atoms in total. The second-order valence-electron chi connectivity index (χ2n) is 7.37. The zero-order valence-electron chi connectivity index (χ0n) is 12.7. The Bertz CT molecular complexity index is 308. The lowest BCUT2D eigenvalue weighted by Gasteiger charge is -2.39.